The predicted octanol–water partition coefficient (Wildman–Crippen LogP) is 2.66. The molecule has 1 N–H and O–H groups in total. The van der Waals surface area contributed by atoms with Crippen LogP contribution in [-0.4, -0.2) is 36.4 Å². The highest BCUT2D eigenvalue weighted by atomic mass is 32.1. The maximum atomic E-state index is 5.35. The van der Waals surface area contributed by atoms with E-state index < -0.39 is 0 Å². The monoisotopic (exact) mass is 295 g/mol. The van der Waals surface area contributed by atoms with Crippen molar-refractivity contribution in [1.29, 1.82) is 0 Å². The Labute approximate surface area is 123 Å². The molecule has 0 fully saturated rings. The third-order valence-corrected chi connectivity index (χ3v) is 3.90. The molecule has 110 valence electrons. The molecule has 0 amide bonds. The number of hydrogen-bond donors (Lipinski definition) is 1. The van der Waals surface area contributed by atoms with Gasteiger partial charge in [-0.15, -0.1) is 0 Å². The minimum atomic E-state index is 0.205. The second-order valence-electron chi connectivity index (χ2n) is 4.79. The van der Waals surface area contributed by atoms with E-state index in [0.717, 1.165) is 18.5 Å². The lowest BCUT2D eigenvalue weighted by molar-refractivity contribution is 0.161. The fraction of sp³-hybridized carbons (Fsp3) is 0.571. The van der Waals surface area contributed by atoms with E-state index in [1.165, 1.54) is 5.56 Å². The van der Waals surface area contributed by atoms with E-state index >= 15 is 0 Å². The summed E-state index contributed by atoms with van der Waals surface area (Å²) < 4.78 is 10.6. The first-order chi connectivity index (χ1) is 9.74. The normalized spacial score (nSPS) is 12.8. The highest BCUT2D eigenvalue weighted by Gasteiger charge is 2.16. The van der Waals surface area contributed by atoms with Gasteiger partial charge in [0.05, 0.1) is 6.61 Å². The summed E-state index contributed by atoms with van der Waals surface area (Å²) in [5.41, 5.74) is 2.23. The zero-order valence-electron chi connectivity index (χ0n) is 12.2. The SMILES string of the molecule is CCCNC(COC)Cc1nc(-c2cscc2C)no1. The van der Waals surface area contributed by atoms with Crippen molar-refractivity contribution in [2.45, 2.75) is 32.7 Å². The van der Waals surface area contributed by atoms with Gasteiger partial charge in [-0.05, 0) is 30.8 Å². The number of aromatic nitrogens is 2. The van der Waals surface area contributed by atoms with Crippen molar-refractivity contribution in [2.75, 3.05) is 20.3 Å². The summed E-state index contributed by atoms with van der Waals surface area (Å²) in [6.45, 7) is 5.78. The quantitative estimate of drug-likeness (QED) is 0.811. The van der Waals surface area contributed by atoms with E-state index in [-0.39, 0.29) is 6.04 Å². The van der Waals surface area contributed by atoms with Crippen molar-refractivity contribution >= 4 is 11.3 Å². The molecule has 2 aromatic heterocycles. The second kappa shape index (κ2) is 7.52. The maximum Gasteiger partial charge on any atom is 0.228 e. The minimum absolute atomic E-state index is 0.205. The van der Waals surface area contributed by atoms with Crippen LogP contribution in [0.25, 0.3) is 11.4 Å². The maximum absolute atomic E-state index is 5.35. The molecule has 5 nitrogen and oxygen atoms in total. The van der Waals surface area contributed by atoms with Gasteiger partial charge in [-0.1, -0.05) is 12.1 Å². The number of methoxy groups -OCH3 is 1. The topological polar surface area (TPSA) is 60.2 Å². The van der Waals surface area contributed by atoms with Gasteiger partial charge >= 0.3 is 0 Å². The molecule has 0 saturated heterocycles. The number of hydrogen-bond acceptors (Lipinski definition) is 6. The van der Waals surface area contributed by atoms with Crippen molar-refractivity contribution in [1.82, 2.24) is 15.5 Å². The molecule has 0 aliphatic carbocycles. The summed E-state index contributed by atoms with van der Waals surface area (Å²) in [5.74, 6) is 1.32. The lowest BCUT2D eigenvalue weighted by atomic mass is 10.2. The van der Waals surface area contributed by atoms with Crippen LogP contribution in [0.2, 0.25) is 0 Å². The van der Waals surface area contributed by atoms with Gasteiger partial charge < -0.3 is 14.6 Å². The van der Waals surface area contributed by atoms with Crippen LogP contribution in [0.4, 0.5) is 0 Å². The Kier molecular flexibility index (Phi) is 5.70. The first-order valence-electron chi connectivity index (χ1n) is 6.82. The Hall–Kier alpha value is -1.24. The van der Waals surface area contributed by atoms with Gasteiger partial charge in [0.2, 0.25) is 11.7 Å². The Morgan fingerprint density at radius 1 is 1.45 bits per heavy atom. The molecule has 2 heterocycles. The summed E-state index contributed by atoms with van der Waals surface area (Å²) in [4.78, 5) is 4.48. The van der Waals surface area contributed by atoms with Gasteiger partial charge in [0.1, 0.15) is 0 Å². The fourth-order valence-electron chi connectivity index (χ4n) is 1.99. The van der Waals surface area contributed by atoms with Gasteiger partial charge in [-0.3, -0.25) is 0 Å². The minimum Gasteiger partial charge on any atom is -0.383 e. The van der Waals surface area contributed by atoms with Crippen LogP contribution < -0.4 is 5.32 Å². The molecule has 0 spiro atoms. The Balaban J connectivity index is 2.02. The molecule has 1 unspecified atom stereocenters. The van der Waals surface area contributed by atoms with E-state index in [1.807, 2.05) is 5.38 Å². The zero-order chi connectivity index (χ0) is 14.4. The summed E-state index contributed by atoms with van der Waals surface area (Å²) in [6.07, 6.45) is 1.77. The van der Waals surface area contributed by atoms with Crippen LogP contribution in [0.15, 0.2) is 15.3 Å². The van der Waals surface area contributed by atoms with Gasteiger partial charge in [-0.2, -0.15) is 16.3 Å². The van der Waals surface area contributed by atoms with Crippen LogP contribution in [-0.2, 0) is 11.2 Å². The van der Waals surface area contributed by atoms with E-state index in [0.29, 0.717) is 24.7 Å². The van der Waals surface area contributed by atoms with Gasteiger partial charge in [0.25, 0.3) is 0 Å². The molecule has 0 radical (unpaired) electrons. The fourth-order valence-corrected chi connectivity index (χ4v) is 2.81. The van der Waals surface area contributed by atoms with E-state index in [4.69, 9.17) is 9.26 Å². The Bertz CT molecular complexity index is 524. The largest absolute Gasteiger partial charge is 0.383 e. The summed E-state index contributed by atoms with van der Waals surface area (Å²) in [7, 11) is 1.70. The number of ether oxygens (including phenoxy) is 1. The van der Waals surface area contributed by atoms with Crippen LogP contribution in [0.3, 0.4) is 0 Å². The van der Waals surface area contributed by atoms with Crippen molar-refractivity contribution in [3.8, 4) is 11.4 Å². The smallest absolute Gasteiger partial charge is 0.228 e. The number of aryl methyl sites for hydroxylation is 1. The van der Waals surface area contributed by atoms with Gasteiger partial charge in [0, 0.05) is 30.5 Å². The van der Waals surface area contributed by atoms with Gasteiger partial charge in [-0.25, -0.2) is 0 Å². The average Bonchev–Trinajstić information content (AvgIpc) is 3.05. The highest BCUT2D eigenvalue weighted by Crippen LogP contribution is 2.24. The van der Waals surface area contributed by atoms with Gasteiger partial charge in [0.15, 0.2) is 0 Å². The number of thiophene rings is 1. The van der Waals surface area contributed by atoms with Crippen molar-refractivity contribution < 1.29 is 9.26 Å². The molecule has 0 aliphatic heterocycles. The predicted molar refractivity (Wildman–Crippen MR) is 80.0 cm³/mol. The first-order valence-corrected chi connectivity index (χ1v) is 7.77. The van der Waals surface area contributed by atoms with Crippen LogP contribution in [0, 0.1) is 6.92 Å². The van der Waals surface area contributed by atoms with Crippen LogP contribution in [0.1, 0.15) is 24.8 Å². The third kappa shape index (κ3) is 3.88. The third-order valence-electron chi connectivity index (χ3n) is 3.04. The standard InChI is InChI=1S/C14H21N3O2S/c1-4-5-15-11(7-18-3)6-13-16-14(17-19-13)12-9-20-8-10(12)2/h8-9,11,15H,4-7H2,1-3H3. The van der Waals surface area contributed by atoms with Crippen molar-refractivity contribution in [3.05, 3.63) is 22.2 Å². The molecule has 2 rings (SSSR count). The second-order valence-corrected chi connectivity index (χ2v) is 5.53. The van der Waals surface area contributed by atoms with E-state index in [1.54, 1.807) is 18.4 Å². The van der Waals surface area contributed by atoms with E-state index in [2.05, 4.69) is 34.7 Å². The lowest BCUT2D eigenvalue weighted by Crippen LogP contribution is -2.35. The van der Waals surface area contributed by atoms with Crippen molar-refractivity contribution in [2.24, 2.45) is 0 Å². The number of nitrogens with zero attached hydrogens (tertiary/aromatic N) is 2. The highest BCUT2D eigenvalue weighted by molar-refractivity contribution is 7.08. The van der Waals surface area contributed by atoms with Crippen LogP contribution >= 0.6 is 11.3 Å². The Morgan fingerprint density at radius 2 is 2.30 bits per heavy atom. The molecule has 0 saturated carbocycles. The molecule has 20 heavy (non-hydrogen) atoms. The first kappa shape index (κ1) is 15.2. The molecule has 1 atom stereocenters. The molecule has 6 heteroatoms. The molecular formula is C14H21N3O2S. The average molecular weight is 295 g/mol. The zero-order valence-corrected chi connectivity index (χ0v) is 13.0. The summed E-state index contributed by atoms with van der Waals surface area (Å²) in [5, 5.41) is 11.6. The lowest BCUT2D eigenvalue weighted by Gasteiger charge is -2.15. The number of rotatable bonds is 8. The summed E-state index contributed by atoms with van der Waals surface area (Å²) >= 11 is 1.65. The van der Waals surface area contributed by atoms with Crippen LogP contribution in [0.5, 0.6) is 0 Å². The molecular weight excluding hydrogens is 274 g/mol. The van der Waals surface area contributed by atoms with Crippen molar-refractivity contribution in [3.63, 3.8) is 0 Å². The molecule has 2 aromatic rings. The molecule has 0 aliphatic rings. The molecule has 0 aromatic carbocycles. The summed E-state index contributed by atoms with van der Waals surface area (Å²) in [6, 6.07) is 0.205. The number of nitrogens with one attached hydrogen (secondary N) is 1. The Morgan fingerprint density at radius 3 is 2.95 bits per heavy atom. The van der Waals surface area contributed by atoms with E-state index in [9.17, 15) is 0 Å². The molecule has 0 bridgehead atoms.